The summed E-state index contributed by atoms with van der Waals surface area (Å²) in [5.74, 6) is 0.448. The van der Waals surface area contributed by atoms with Gasteiger partial charge in [0, 0.05) is 25.4 Å². The lowest BCUT2D eigenvalue weighted by Crippen LogP contribution is -2.85. The highest BCUT2D eigenvalue weighted by atomic mass is 32.2. The van der Waals surface area contributed by atoms with Crippen molar-refractivity contribution in [2.24, 2.45) is 5.92 Å². The Labute approximate surface area is 166 Å². The minimum atomic E-state index is -3.29. The number of amides is 1. The van der Waals surface area contributed by atoms with E-state index < -0.39 is 15.6 Å². The zero-order valence-electron chi connectivity index (χ0n) is 16.4. The van der Waals surface area contributed by atoms with Gasteiger partial charge in [-0.25, -0.2) is 8.42 Å². The summed E-state index contributed by atoms with van der Waals surface area (Å²) in [6, 6.07) is 7.84. The second-order valence-electron chi connectivity index (χ2n) is 8.44. The highest BCUT2D eigenvalue weighted by Gasteiger charge is 2.68. The van der Waals surface area contributed by atoms with Crippen molar-refractivity contribution in [2.75, 3.05) is 26.0 Å². The van der Waals surface area contributed by atoms with Crippen LogP contribution in [-0.4, -0.2) is 66.2 Å². The van der Waals surface area contributed by atoms with E-state index in [1.54, 1.807) is 4.90 Å². The van der Waals surface area contributed by atoms with Gasteiger partial charge in [-0.15, -0.1) is 0 Å². The first-order chi connectivity index (χ1) is 13.3. The fraction of sp³-hybridized carbons (Fsp3) is 0.571. The lowest BCUT2D eigenvalue weighted by Gasteiger charge is -2.70. The number of carbonyl (C=O) groups excluding carboxylic acids is 1. The van der Waals surface area contributed by atoms with E-state index in [-0.39, 0.29) is 24.5 Å². The van der Waals surface area contributed by atoms with Crippen LogP contribution in [0.1, 0.15) is 43.2 Å². The molecular weight excluding hydrogens is 376 g/mol. The third-order valence-corrected chi connectivity index (χ3v) is 7.61. The average molecular weight is 405 g/mol. The molecule has 4 rings (SSSR count). The average Bonchev–Trinajstić information content (AvgIpc) is 3.37. The van der Waals surface area contributed by atoms with Crippen molar-refractivity contribution < 1.29 is 18.3 Å². The molecule has 2 aliphatic heterocycles. The predicted molar refractivity (Wildman–Crippen MR) is 108 cm³/mol. The van der Waals surface area contributed by atoms with E-state index in [9.17, 15) is 18.3 Å². The molecule has 7 heteroatoms. The molecule has 1 aromatic carbocycles. The number of allylic oxidation sites excluding steroid dienone is 1. The normalized spacial score (nSPS) is 27.0. The summed E-state index contributed by atoms with van der Waals surface area (Å²) in [4.78, 5) is 14.8. The zero-order chi connectivity index (χ0) is 20.1. The maximum Gasteiger partial charge on any atom is 0.223 e. The highest BCUT2D eigenvalue weighted by molar-refractivity contribution is 7.88. The first-order valence-corrected chi connectivity index (χ1v) is 11.8. The van der Waals surface area contributed by atoms with E-state index in [1.807, 2.05) is 43.3 Å². The van der Waals surface area contributed by atoms with Gasteiger partial charge in [-0.05, 0) is 36.8 Å². The molecule has 0 bridgehead atoms. The summed E-state index contributed by atoms with van der Waals surface area (Å²) >= 11 is 0. The number of likely N-dealkylation sites (tertiary alicyclic amines) is 1. The Morgan fingerprint density at radius 2 is 1.89 bits per heavy atom. The molecule has 1 aliphatic carbocycles. The van der Waals surface area contributed by atoms with Gasteiger partial charge in [0.1, 0.15) is 0 Å². The first-order valence-electron chi connectivity index (χ1n) is 9.91. The highest BCUT2D eigenvalue weighted by Crippen LogP contribution is 2.55. The van der Waals surface area contributed by atoms with Gasteiger partial charge >= 0.3 is 0 Å². The Bertz CT molecular complexity index is 883. The lowest BCUT2D eigenvalue weighted by atomic mass is 9.61. The standard InChI is InChI=1S/C21H28N2O4S/c1-3-4-15-7-9-17(10-8-15)20-18(12-24)23(19(25)11-16-5-6-16)21(20)13-22(14-21)28(2,26)27/h3-4,7-10,16,18,20,24H,5-6,11-14H2,1-2H3/t18-,20-/m1/s1. The number of benzene rings is 1. The molecule has 1 amide bonds. The van der Waals surface area contributed by atoms with E-state index in [2.05, 4.69) is 0 Å². The molecule has 1 spiro atoms. The van der Waals surface area contributed by atoms with Gasteiger partial charge in [-0.2, -0.15) is 4.31 Å². The third-order valence-electron chi connectivity index (χ3n) is 6.42. The van der Waals surface area contributed by atoms with Gasteiger partial charge in [0.05, 0.1) is 24.4 Å². The zero-order valence-corrected chi connectivity index (χ0v) is 17.2. The fourth-order valence-corrected chi connectivity index (χ4v) is 5.80. The van der Waals surface area contributed by atoms with Gasteiger partial charge in [-0.1, -0.05) is 36.4 Å². The molecule has 1 saturated carbocycles. The molecule has 2 atom stereocenters. The van der Waals surface area contributed by atoms with Crippen molar-refractivity contribution in [3.8, 4) is 0 Å². The Kier molecular flexibility index (Phi) is 4.88. The summed E-state index contributed by atoms with van der Waals surface area (Å²) in [5, 5.41) is 10.1. The van der Waals surface area contributed by atoms with Gasteiger partial charge in [0.15, 0.2) is 0 Å². The summed E-state index contributed by atoms with van der Waals surface area (Å²) in [6.45, 7) is 2.46. The Hall–Kier alpha value is -1.70. The summed E-state index contributed by atoms with van der Waals surface area (Å²) in [7, 11) is -3.29. The van der Waals surface area contributed by atoms with Crippen LogP contribution in [0.15, 0.2) is 30.3 Å². The number of rotatable bonds is 6. The SMILES string of the molecule is CC=Cc1ccc([C@@H]2[C@@H](CO)N(C(=O)CC3CC3)C23CN(S(C)(=O)=O)C3)cc1. The van der Waals surface area contributed by atoms with E-state index >= 15 is 0 Å². The van der Waals surface area contributed by atoms with E-state index in [0.717, 1.165) is 24.0 Å². The molecule has 0 aromatic heterocycles. The van der Waals surface area contributed by atoms with Crippen LogP contribution in [0.25, 0.3) is 6.08 Å². The quantitative estimate of drug-likeness (QED) is 0.785. The summed E-state index contributed by atoms with van der Waals surface area (Å²) < 4.78 is 25.4. The smallest absolute Gasteiger partial charge is 0.223 e. The van der Waals surface area contributed by atoms with Crippen molar-refractivity contribution in [3.05, 3.63) is 41.5 Å². The van der Waals surface area contributed by atoms with Crippen LogP contribution < -0.4 is 0 Å². The number of hydrogen-bond acceptors (Lipinski definition) is 4. The molecule has 2 saturated heterocycles. The second-order valence-corrected chi connectivity index (χ2v) is 10.4. The van der Waals surface area contributed by atoms with Gasteiger partial charge in [-0.3, -0.25) is 4.79 Å². The van der Waals surface area contributed by atoms with Gasteiger partial charge in [0.25, 0.3) is 0 Å². The molecule has 1 aromatic rings. The minimum absolute atomic E-state index is 0.0523. The molecule has 3 fully saturated rings. The number of hydrogen-bond donors (Lipinski definition) is 1. The van der Waals surface area contributed by atoms with E-state index in [0.29, 0.717) is 25.4 Å². The van der Waals surface area contributed by atoms with E-state index in [1.165, 1.54) is 10.6 Å². The topological polar surface area (TPSA) is 77.9 Å². The molecule has 28 heavy (non-hydrogen) atoms. The molecule has 2 heterocycles. The van der Waals surface area contributed by atoms with Gasteiger partial charge < -0.3 is 10.0 Å². The number of carbonyl (C=O) groups is 1. The van der Waals surface area contributed by atoms with Crippen LogP contribution in [0, 0.1) is 5.92 Å². The summed E-state index contributed by atoms with van der Waals surface area (Å²) in [6.07, 6.45) is 7.88. The number of aliphatic hydroxyl groups excluding tert-OH is 1. The predicted octanol–water partition coefficient (Wildman–Crippen LogP) is 1.82. The lowest BCUT2D eigenvalue weighted by molar-refractivity contribution is -0.189. The molecule has 6 nitrogen and oxygen atoms in total. The Balaban J connectivity index is 1.64. The van der Waals surface area contributed by atoms with Crippen LogP contribution in [0.5, 0.6) is 0 Å². The van der Waals surface area contributed by atoms with Crippen LogP contribution in [0.2, 0.25) is 0 Å². The first kappa shape index (κ1) is 19.6. The fourth-order valence-electron chi connectivity index (χ4n) is 4.88. The Morgan fingerprint density at radius 3 is 2.39 bits per heavy atom. The number of sulfonamides is 1. The molecule has 0 unspecified atom stereocenters. The van der Waals surface area contributed by atoms with Crippen LogP contribution in [-0.2, 0) is 14.8 Å². The largest absolute Gasteiger partial charge is 0.394 e. The number of nitrogens with zero attached hydrogens (tertiary/aromatic N) is 2. The number of aliphatic hydroxyl groups is 1. The minimum Gasteiger partial charge on any atom is -0.394 e. The maximum absolute atomic E-state index is 13.0. The molecule has 152 valence electrons. The monoisotopic (exact) mass is 404 g/mol. The van der Waals surface area contributed by atoms with Crippen LogP contribution in [0.3, 0.4) is 0 Å². The maximum atomic E-state index is 13.0. The van der Waals surface area contributed by atoms with Crippen molar-refractivity contribution in [1.29, 1.82) is 0 Å². The van der Waals surface area contributed by atoms with Crippen molar-refractivity contribution in [3.63, 3.8) is 0 Å². The third kappa shape index (κ3) is 3.19. The molecule has 1 N–H and O–H groups in total. The van der Waals surface area contributed by atoms with Crippen molar-refractivity contribution in [2.45, 2.75) is 43.7 Å². The van der Waals surface area contributed by atoms with Crippen molar-refractivity contribution >= 4 is 22.0 Å². The Morgan fingerprint density at radius 1 is 1.25 bits per heavy atom. The summed E-state index contributed by atoms with van der Waals surface area (Å²) in [5.41, 5.74) is 1.61. The molecule has 0 radical (unpaired) electrons. The van der Waals surface area contributed by atoms with E-state index in [4.69, 9.17) is 0 Å². The van der Waals surface area contributed by atoms with Crippen molar-refractivity contribution in [1.82, 2.24) is 9.21 Å². The van der Waals surface area contributed by atoms with Crippen LogP contribution >= 0.6 is 0 Å². The molecular formula is C21H28N2O4S. The second kappa shape index (κ2) is 6.97. The van der Waals surface area contributed by atoms with Gasteiger partial charge in [0.2, 0.25) is 15.9 Å². The van der Waals surface area contributed by atoms with Crippen LogP contribution in [0.4, 0.5) is 0 Å². The molecule has 3 aliphatic rings.